The van der Waals surface area contributed by atoms with Crippen LogP contribution in [0, 0.1) is 6.92 Å². The Bertz CT molecular complexity index is 1500. The van der Waals surface area contributed by atoms with Crippen molar-refractivity contribution in [1.82, 2.24) is 9.55 Å². The number of esters is 1. The summed E-state index contributed by atoms with van der Waals surface area (Å²) in [4.78, 5) is 17.4. The average Bonchev–Trinajstić information content (AvgIpc) is 3.45. The van der Waals surface area contributed by atoms with E-state index in [4.69, 9.17) is 25.7 Å². The number of rotatable bonds is 7. The van der Waals surface area contributed by atoms with E-state index >= 15 is 0 Å². The lowest BCUT2D eigenvalue weighted by Gasteiger charge is -2.14. The van der Waals surface area contributed by atoms with Gasteiger partial charge in [-0.1, -0.05) is 71.9 Å². The number of halogens is 1. The molecule has 0 radical (unpaired) electrons. The molecule has 0 aliphatic carbocycles. The summed E-state index contributed by atoms with van der Waals surface area (Å²) in [6.07, 6.45) is 1.87. The number of hydrogen-bond acceptors (Lipinski definition) is 5. The van der Waals surface area contributed by atoms with E-state index in [2.05, 4.69) is 23.6 Å². The van der Waals surface area contributed by atoms with E-state index in [0.29, 0.717) is 16.4 Å². The number of nitrogens with zero attached hydrogens (tertiary/aromatic N) is 2. The quantitative estimate of drug-likeness (QED) is 0.168. The van der Waals surface area contributed by atoms with Gasteiger partial charge in [-0.25, -0.2) is 9.78 Å². The standard InChI is InChI=1S/C28H23ClN2O3S/c1-3-33-27(32)26-22(21-9-5-7-11-25(21)34-26)17-35-28-30-16-24(19-12-14-20(29)15-13-19)31(28)23-10-6-4-8-18(23)2/h4-16H,3,17H2,1-2H3. The predicted octanol–water partition coefficient (Wildman–Crippen LogP) is 7.72. The van der Waals surface area contributed by atoms with Gasteiger partial charge in [0.15, 0.2) is 5.16 Å². The first-order valence-electron chi connectivity index (χ1n) is 11.3. The van der Waals surface area contributed by atoms with Gasteiger partial charge in [-0.2, -0.15) is 0 Å². The van der Waals surface area contributed by atoms with Crippen molar-refractivity contribution >= 4 is 40.3 Å². The number of aryl methyl sites for hydroxylation is 1. The Morgan fingerprint density at radius 3 is 2.57 bits per heavy atom. The van der Waals surface area contributed by atoms with Crippen molar-refractivity contribution in [2.24, 2.45) is 0 Å². The molecule has 7 heteroatoms. The molecule has 0 spiro atoms. The van der Waals surface area contributed by atoms with Crippen molar-refractivity contribution in [3.63, 3.8) is 0 Å². The molecule has 35 heavy (non-hydrogen) atoms. The molecule has 176 valence electrons. The number of carbonyl (C=O) groups is 1. The molecule has 0 bridgehead atoms. The molecule has 0 saturated heterocycles. The Labute approximate surface area is 212 Å². The summed E-state index contributed by atoms with van der Waals surface area (Å²) < 4.78 is 13.3. The van der Waals surface area contributed by atoms with Crippen LogP contribution in [0.15, 0.2) is 88.6 Å². The highest BCUT2D eigenvalue weighted by atomic mass is 35.5. The fraction of sp³-hybridized carbons (Fsp3) is 0.143. The number of thioether (sulfide) groups is 1. The second kappa shape index (κ2) is 10.0. The molecule has 0 aliphatic heterocycles. The lowest BCUT2D eigenvalue weighted by Crippen LogP contribution is -2.06. The number of imidazole rings is 1. The number of para-hydroxylation sites is 2. The molecule has 3 aromatic carbocycles. The summed E-state index contributed by atoms with van der Waals surface area (Å²) in [6, 6.07) is 23.6. The maximum atomic E-state index is 12.6. The number of carbonyl (C=O) groups excluding carboxylic acids is 1. The zero-order chi connectivity index (χ0) is 24.4. The van der Waals surface area contributed by atoms with Gasteiger partial charge in [0.2, 0.25) is 5.76 Å². The third-order valence-electron chi connectivity index (χ3n) is 5.73. The summed E-state index contributed by atoms with van der Waals surface area (Å²) in [5.74, 6) is 0.282. The highest BCUT2D eigenvalue weighted by Crippen LogP contribution is 2.36. The molecule has 0 N–H and O–H groups in total. The van der Waals surface area contributed by atoms with Crippen LogP contribution < -0.4 is 0 Å². The molecule has 5 aromatic rings. The van der Waals surface area contributed by atoms with Gasteiger partial charge in [0.05, 0.1) is 24.2 Å². The van der Waals surface area contributed by atoms with Crippen LogP contribution in [0.1, 0.15) is 28.6 Å². The SMILES string of the molecule is CCOC(=O)c1oc2ccccc2c1CSc1ncc(-c2ccc(Cl)cc2)n1-c1ccccc1C. The second-order valence-electron chi connectivity index (χ2n) is 7.97. The van der Waals surface area contributed by atoms with Crippen molar-refractivity contribution in [1.29, 1.82) is 0 Å². The molecular weight excluding hydrogens is 480 g/mol. The van der Waals surface area contributed by atoms with Crippen LogP contribution in [0.25, 0.3) is 27.9 Å². The fourth-order valence-corrected chi connectivity index (χ4v) is 5.19. The number of fused-ring (bicyclic) bond motifs is 1. The Morgan fingerprint density at radius 2 is 1.80 bits per heavy atom. The summed E-state index contributed by atoms with van der Waals surface area (Å²) in [5, 5.41) is 2.39. The minimum atomic E-state index is -0.455. The highest BCUT2D eigenvalue weighted by molar-refractivity contribution is 7.98. The lowest BCUT2D eigenvalue weighted by molar-refractivity contribution is 0.0491. The van der Waals surface area contributed by atoms with Gasteiger partial charge in [0.1, 0.15) is 5.58 Å². The van der Waals surface area contributed by atoms with E-state index in [0.717, 1.165) is 38.6 Å². The Hall–Kier alpha value is -3.48. The average molecular weight is 503 g/mol. The number of benzene rings is 3. The molecule has 0 atom stereocenters. The smallest absolute Gasteiger partial charge is 0.374 e. The topological polar surface area (TPSA) is 57.3 Å². The zero-order valence-electron chi connectivity index (χ0n) is 19.3. The van der Waals surface area contributed by atoms with Gasteiger partial charge in [0, 0.05) is 27.3 Å². The van der Waals surface area contributed by atoms with Gasteiger partial charge < -0.3 is 9.15 Å². The van der Waals surface area contributed by atoms with E-state index < -0.39 is 5.97 Å². The summed E-state index contributed by atoms with van der Waals surface area (Å²) in [7, 11) is 0. The van der Waals surface area contributed by atoms with Crippen LogP contribution in [-0.2, 0) is 10.5 Å². The van der Waals surface area contributed by atoms with Gasteiger partial charge in [-0.15, -0.1) is 0 Å². The minimum absolute atomic E-state index is 0.243. The van der Waals surface area contributed by atoms with Crippen molar-refractivity contribution in [2.45, 2.75) is 24.8 Å². The van der Waals surface area contributed by atoms with Crippen molar-refractivity contribution in [3.05, 3.63) is 101 Å². The molecule has 0 saturated carbocycles. The largest absolute Gasteiger partial charge is 0.460 e. The number of hydrogen-bond donors (Lipinski definition) is 0. The van der Waals surface area contributed by atoms with Crippen molar-refractivity contribution in [2.75, 3.05) is 6.61 Å². The lowest BCUT2D eigenvalue weighted by atomic mass is 10.1. The van der Waals surface area contributed by atoms with Crippen molar-refractivity contribution < 1.29 is 13.9 Å². The van der Waals surface area contributed by atoms with Crippen LogP contribution >= 0.6 is 23.4 Å². The Morgan fingerprint density at radius 1 is 1.06 bits per heavy atom. The van der Waals surface area contributed by atoms with E-state index in [1.807, 2.05) is 66.9 Å². The summed E-state index contributed by atoms with van der Waals surface area (Å²) in [6.45, 7) is 4.15. The first kappa shape index (κ1) is 23.3. The molecule has 0 fully saturated rings. The maximum Gasteiger partial charge on any atom is 0.374 e. The third kappa shape index (κ3) is 4.59. The molecule has 0 amide bonds. The Balaban J connectivity index is 1.58. The first-order valence-corrected chi connectivity index (χ1v) is 12.6. The predicted molar refractivity (Wildman–Crippen MR) is 140 cm³/mol. The molecule has 5 nitrogen and oxygen atoms in total. The highest BCUT2D eigenvalue weighted by Gasteiger charge is 2.23. The molecule has 2 heterocycles. The second-order valence-corrected chi connectivity index (χ2v) is 9.35. The van der Waals surface area contributed by atoms with E-state index in [9.17, 15) is 4.79 Å². The van der Waals surface area contributed by atoms with Crippen LogP contribution in [0.3, 0.4) is 0 Å². The van der Waals surface area contributed by atoms with Gasteiger partial charge in [-0.05, 0) is 43.7 Å². The normalized spacial score (nSPS) is 11.2. The van der Waals surface area contributed by atoms with Gasteiger partial charge in [0.25, 0.3) is 0 Å². The van der Waals surface area contributed by atoms with E-state index in [1.54, 1.807) is 18.7 Å². The number of aromatic nitrogens is 2. The monoisotopic (exact) mass is 502 g/mol. The van der Waals surface area contributed by atoms with Crippen LogP contribution in [0.2, 0.25) is 5.02 Å². The molecule has 0 unspecified atom stereocenters. The van der Waals surface area contributed by atoms with Crippen molar-refractivity contribution in [3.8, 4) is 16.9 Å². The molecular formula is C28H23ClN2O3S. The van der Waals surface area contributed by atoms with Crippen LogP contribution in [-0.4, -0.2) is 22.1 Å². The molecule has 2 aromatic heterocycles. The molecule has 0 aliphatic rings. The minimum Gasteiger partial charge on any atom is -0.460 e. The fourth-order valence-electron chi connectivity index (χ4n) is 4.05. The van der Waals surface area contributed by atoms with E-state index in [-0.39, 0.29) is 12.4 Å². The zero-order valence-corrected chi connectivity index (χ0v) is 20.9. The number of ether oxygens (including phenoxy) is 1. The Kier molecular flexibility index (Phi) is 6.66. The van der Waals surface area contributed by atoms with Gasteiger partial charge >= 0.3 is 5.97 Å². The van der Waals surface area contributed by atoms with Gasteiger partial charge in [-0.3, -0.25) is 4.57 Å². The summed E-state index contributed by atoms with van der Waals surface area (Å²) in [5.41, 5.74) is 5.61. The maximum absolute atomic E-state index is 12.6. The van der Waals surface area contributed by atoms with Crippen LogP contribution in [0.5, 0.6) is 0 Å². The number of furan rings is 1. The molecule has 5 rings (SSSR count). The van der Waals surface area contributed by atoms with E-state index in [1.165, 1.54) is 0 Å². The third-order valence-corrected chi connectivity index (χ3v) is 6.96. The summed E-state index contributed by atoms with van der Waals surface area (Å²) >= 11 is 7.68. The first-order chi connectivity index (χ1) is 17.1. The van der Waals surface area contributed by atoms with Crippen LogP contribution in [0.4, 0.5) is 0 Å².